The van der Waals surface area contributed by atoms with E-state index in [1.165, 1.54) is 36.4 Å². The molecule has 8 nitrogen and oxygen atoms in total. The van der Waals surface area contributed by atoms with Gasteiger partial charge in [0, 0.05) is 18.8 Å². The van der Waals surface area contributed by atoms with Gasteiger partial charge in [-0.25, -0.2) is 8.42 Å². The quantitative estimate of drug-likeness (QED) is 0.658. The summed E-state index contributed by atoms with van der Waals surface area (Å²) in [5, 5.41) is 14.5. The highest BCUT2D eigenvalue weighted by Gasteiger charge is 2.39. The molecule has 1 heterocycles. The summed E-state index contributed by atoms with van der Waals surface area (Å²) in [6.07, 6.45) is -0.321. The summed E-state index contributed by atoms with van der Waals surface area (Å²) < 4.78 is 26.9. The summed E-state index contributed by atoms with van der Waals surface area (Å²) in [6, 6.07) is 12.5. The van der Waals surface area contributed by atoms with E-state index in [0.29, 0.717) is 5.69 Å². The summed E-state index contributed by atoms with van der Waals surface area (Å²) in [6.45, 7) is 0.265. The molecule has 2 aromatic rings. The first-order chi connectivity index (χ1) is 12.9. The third kappa shape index (κ3) is 4.26. The van der Waals surface area contributed by atoms with Crippen molar-refractivity contribution in [2.45, 2.75) is 17.4 Å². The van der Waals surface area contributed by atoms with E-state index in [2.05, 4.69) is 10.6 Å². The Morgan fingerprint density at radius 2 is 1.81 bits per heavy atom. The molecule has 0 saturated carbocycles. The van der Waals surface area contributed by atoms with Gasteiger partial charge in [-0.15, -0.1) is 0 Å². The zero-order chi connectivity index (χ0) is 19.4. The molecule has 142 valence electrons. The van der Waals surface area contributed by atoms with E-state index in [0.717, 1.165) is 4.31 Å². The molecule has 0 radical (unpaired) electrons. The second-order valence-electron chi connectivity index (χ2n) is 6.03. The number of phenolic OH excluding ortho intramolecular Hbond substituents is 1. The number of hydrogen-bond acceptors (Lipinski definition) is 5. The van der Waals surface area contributed by atoms with Crippen LogP contribution < -0.4 is 10.6 Å². The average molecular weight is 389 g/mol. The molecule has 3 N–H and O–H groups in total. The van der Waals surface area contributed by atoms with Crippen molar-refractivity contribution in [2.75, 3.05) is 18.4 Å². The van der Waals surface area contributed by atoms with E-state index in [4.69, 9.17) is 0 Å². The molecule has 0 aliphatic carbocycles. The number of carbonyl (C=O) groups excluding carboxylic acids is 2. The number of nitrogens with zero attached hydrogens (tertiary/aromatic N) is 1. The number of rotatable bonds is 5. The summed E-state index contributed by atoms with van der Waals surface area (Å²) >= 11 is 0. The lowest BCUT2D eigenvalue weighted by atomic mass is 10.1. The summed E-state index contributed by atoms with van der Waals surface area (Å²) in [7, 11) is -3.91. The van der Waals surface area contributed by atoms with Crippen LogP contribution >= 0.6 is 0 Å². The van der Waals surface area contributed by atoms with Crippen LogP contribution in [-0.4, -0.2) is 48.8 Å². The summed E-state index contributed by atoms with van der Waals surface area (Å²) in [5.41, 5.74) is 0.437. The Hall–Kier alpha value is -2.91. The molecule has 0 unspecified atom stereocenters. The number of nitrogens with one attached hydrogen (secondary N) is 2. The van der Waals surface area contributed by atoms with Crippen LogP contribution in [0.2, 0.25) is 0 Å². The van der Waals surface area contributed by atoms with Crippen LogP contribution in [0, 0.1) is 0 Å². The number of anilines is 1. The zero-order valence-corrected chi connectivity index (χ0v) is 15.1. The number of piperazine rings is 1. The topological polar surface area (TPSA) is 116 Å². The minimum atomic E-state index is -3.91. The van der Waals surface area contributed by atoms with Crippen molar-refractivity contribution in [3.05, 3.63) is 54.6 Å². The van der Waals surface area contributed by atoms with E-state index in [-0.39, 0.29) is 30.2 Å². The molecule has 1 aliphatic heterocycles. The maximum Gasteiger partial charge on any atom is 0.243 e. The SMILES string of the molecule is O=C(C[C@@H]1C(=O)NCCN1S(=O)(=O)c1ccccc1)Nc1ccc(O)cc1. The number of aromatic hydroxyl groups is 1. The van der Waals surface area contributed by atoms with E-state index >= 15 is 0 Å². The van der Waals surface area contributed by atoms with E-state index in [1.54, 1.807) is 18.2 Å². The molecule has 0 bridgehead atoms. The first-order valence-electron chi connectivity index (χ1n) is 8.31. The lowest BCUT2D eigenvalue weighted by Gasteiger charge is -2.33. The predicted octanol–water partition coefficient (Wildman–Crippen LogP) is 0.910. The Morgan fingerprint density at radius 1 is 1.15 bits per heavy atom. The Morgan fingerprint density at radius 3 is 2.48 bits per heavy atom. The Kier molecular flexibility index (Phi) is 5.43. The third-order valence-corrected chi connectivity index (χ3v) is 6.08. The Balaban J connectivity index is 1.79. The van der Waals surface area contributed by atoms with Crippen LogP contribution in [0.1, 0.15) is 6.42 Å². The van der Waals surface area contributed by atoms with Gasteiger partial charge < -0.3 is 15.7 Å². The van der Waals surface area contributed by atoms with Gasteiger partial charge in [-0.1, -0.05) is 18.2 Å². The van der Waals surface area contributed by atoms with Crippen molar-refractivity contribution < 1.29 is 23.1 Å². The van der Waals surface area contributed by atoms with Crippen molar-refractivity contribution in [1.82, 2.24) is 9.62 Å². The van der Waals surface area contributed by atoms with Gasteiger partial charge in [0.25, 0.3) is 0 Å². The minimum absolute atomic E-state index is 0.0554. The highest BCUT2D eigenvalue weighted by Crippen LogP contribution is 2.22. The molecule has 1 saturated heterocycles. The van der Waals surface area contributed by atoms with Crippen molar-refractivity contribution >= 4 is 27.5 Å². The monoisotopic (exact) mass is 389 g/mol. The van der Waals surface area contributed by atoms with Gasteiger partial charge in [0.1, 0.15) is 11.8 Å². The van der Waals surface area contributed by atoms with Crippen molar-refractivity contribution in [3.8, 4) is 5.75 Å². The second kappa shape index (κ2) is 7.77. The van der Waals surface area contributed by atoms with E-state index in [9.17, 15) is 23.1 Å². The standard InChI is InChI=1S/C18H19N3O5S/c22-14-8-6-13(7-9-14)20-17(23)12-16-18(24)19-10-11-21(16)27(25,26)15-4-2-1-3-5-15/h1-9,16,22H,10-12H2,(H,19,24)(H,20,23)/t16-/m1/s1. The lowest BCUT2D eigenvalue weighted by Crippen LogP contribution is -2.57. The largest absolute Gasteiger partial charge is 0.508 e. The fourth-order valence-corrected chi connectivity index (χ4v) is 4.44. The molecular weight excluding hydrogens is 370 g/mol. The Bertz CT molecular complexity index is 929. The Labute approximate surface area is 156 Å². The maximum absolute atomic E-state index is 12.9. The zero-order valence-electron chi connectivity index (χ0n) is 14.3. The maximum atomic E-state index is 12.9. The van der Waals surface area contributed by atoms with Gasteiger partial charge >= 0.3 is 0 Å². The van der Waals surface area contributed by atoms with Crippen molar-refractivity contribution in [3.63, 3.8) is 0 Å². The van der Waals surface area contributed by atoms with Crippen LogP contribution in [-0.2, 0) is 19.6 Å². The van der Waals surface area contributed by atoms with Gasteiger partial charge in [0.15, 0.2) is 0 Å². The normalized spacial score (nSPS) is 17.9. The number of benzene rings is 2. The molecule has 1 aliphatic rings. The van der Waals surface area contributed by atoms with Crippen LogP contribution in [0.15, 0.2) is 59.5 Å². The molecule has 2 aromatic carbocycles. The smallest absolute Gasteiger partial charge is 0.243 e. The van der Waals surface area contributed by atoms with Gasteiger partial charge in [0.05, 0.1) is 11.3 Å². The van der Waals surface area contributed by atoms with E-state index < -0.39 is 27.9 Å². The molecular formula is C18H19N3O5S. The van der Waals surface area contributed by atoms with Gasteiger partial charge in [-0.05, 0) is 36.4 Å². The first-order valence-corrected chi connectivity index (χ1v) is 9.75. The van der Waals surface area contributed by atoms with Crippen LogP contribution in [0.5, 0.6) is 5.75 Å². The van der Waals surface area contributed by atoms with Gasteiger partial charge in [-0.3, -0.25) is 9.59 Å². The number of hydrogen-bond donors (Lipinski definition) is 3. The molecule has 1 atom stereocenters. The molecule has 2 amide bonds. The van der Waals surface area contributed by atoms with Crippen LogP contribution in [0.25, 0.3) is 0 Å². The molecule has 27 heavy (non-hydrogen) atoms. The molecule has 9 heteroatoms. The highest BCUT2D eigenvalue weighted by atomic mass is 32.2. The van der Waals surface area contributed by atoms with Crippen molar-refractivity contribution in [2.24, 2.45) is 0 Å². The average Bonchev–Trinajstić information content (AvgIpc) is 2.66. The molecule has 3 rings (SSSR count). The van der Waals surface area contributed by atoms with Crippen LogP contribution in [0.3, 0.4) is 0 Å². The fourth-order valence-electron chi connectivity index (χ4n) is 2.84. The van der Waals surface area contributed by atoms with Gasteiger partial charge in [0.2, 0.25) is 21.8 Å². The number of carbonyl (C=O) groups is 2. The van der Waals surface area contributed by atoms with Gasteiger partial charge in [-0.2, -0.15) is 4.31 Å². The number of sulfonamides is 1. The fraction of sp³-hybridized carbons (Fsp3) is 0.222. The molecule has 1 fully saturated rings. The second-order valence-corrected chi connectivity index (χ2v) is 7.93. The minimum Gasteiger partial charge on any atom is -0.508 e. The lowest BCUT2D eigenvalue weighted by molar-refractivity contribution is -0.130. The molecule has 0 spiro atoms. The summed E-state index contributed by atoms with van der Waals surface area (Å²) in [4.78, 5) is 24.7. The number of phenols is 1. The first kappa shape index (κ1) is 18.9. The third-order valence-electron chi connectivity index (χ3n) is 4.16. The van der Waals surface area contributed by atoms with E-state index in [1.807, 2.05) is 0 Å². The van der Waals surface area contributed by atoms with Crippen LogP contribution in [0.4, 0.5) is 5.69 Å². The van der Waals surface area contributed by atoms with Crippen molar-refractivity contribution in [1.29, 1.82) is 0 Å². The highest BCUT2D eigenvalue weighted by molar-refractivity contribution is 7.89. The number of amides is 2. The predicted molar refractivity (Wildman–Crippen MR) is 98.5 cm³/mol. The summed E-state index contributed by atoms with van der Waals surface area (Å²) in [5.74, 6) is -0.961. The molecule has 0 aromatic heterocycles.